The molecule has 0 aliphatic carbocycles. The summed E-state index contributed by atoms with van der Waals surface area (Å²) in [6, 6.07) is 1.99. The third-order valence-corrected chi connectivity index (χ3v) is 4.09. The van der Waals surface area contributed by atoms with Gasteiger partial charge in [0, 0.05) is 38.1 Å². The highest BCUT2D eigenvalue weighted by molar-refractivity contribution is 7.89. The molecule has 110 valence electrons. The third-order valence-electron chi connectivity index (χ3n) is 2.69. The van der Waals surface area contributed by atoms with Crippen molar-refractivity contribution in [3.63, 3.8) is 0 Å². The first-order valence-electron chi connectivity index (χ1n) is 6.28. The predicted molar refractivity (Wildman–Crippen MR) is 74.4 cm³/mol. The Morgan fingerprint density at radius 3 is 2.63 bits per heavy atom. The molecule has 1 heterocycles. The van der Waals surface area contributed by atoms with Gasteiger partial charge in [0.1, 0.15) is 0 Å². The Labute approximate surface area is 115 Å². The van der Waals surface area contributed by atoms with Gasteiger partial charge in [-0.05, 0) is 13.0 Å². The molecular formula is C12H23N3O3S. The lowest BCUT2D eigenvalue weighted by Gasteiger charge is -2.10. The summed E-state index contributed by atoms with van der Waals surface area (Å²) in [5.74, 6) is 0. The Kier molecular flexibility index (Phi) is 5.99. The van der Waals surface area contributed by atoms with Gasteiger partial charge < -0.3 is 15.0 Å². The van der Waals surface area contributed by atoms with E-state index in [-0.39, 0.29) is 17.5 Å². The summed E-state index contributed by atoms with van der Waals surface area (Å²) in [4.78, 5) is 3.20. The molecule has 1 rings (SSSR count). The number of aromatic amines is 1. The maximum atomic E-state index is 12.0. The minimum Gasteiger partial charge on any atom is -0.380 e. The summed E-state index contributed by atoms with van der Waals surface area (Å²) in [6.07, 6.45) is 1.34. The molecule has 6 nitrogen and oxygen atoms in total. The fraction of sp³-hybridized carbons (Fsp3) is 0.667. The normalized spacial score (nSPS) is 13.9. The highest BCUT2D eigenvalue weighted by atomic mass is 32.2. The fourth-order valence-corrected chi connectivity index (χ4v) is 2.52. The summed E-state index contributed by atoms with van der Waals surface area (Å²) in [6.45, 7) is 6.74. The van der Waals surface area contributed by atoms with Crippen LogP contribution < -0.4 is 10.0 Å². The maximum Gasteiger partial charge on any atom is 0.242 e. The van der Waals surface area contributed by atoms with Crippen LogP contribution >= 0.6 is 0 Å². The second kappa shape index (κ2) is 7.04. The van der Waals surface area contributed by atoms with E-state index in [2.05, 4.69) is 15.0 Å². The van der Waals surface area contributed by atoms with Crippen molar-refractivity contribution < 1.29 is 13.2 Å². The number of hydrogen-bond donors (Lipinski definition) is 3. The van der Waals surface area contributed by atoms with Gasteiger partial charge in [0.25, 0.3) is 0 Å². The van der Waals surface area contributed by atoms with E-state index >= 15 is 0 Å². The van der Waals surface area contributed by atoms with Crippen molar-refractivity contribution in [2.75, 3.05) is 13.7 Å². The Hall–Kier alpha value is -0.890. The van der Waals surface area contributed by atoms with Crippen LogP contribution in [-0.4, -0.2) is 39.2 Å². The van der Waals surface area contributed by atoms with Gasteiger partial charge in [-0.15, -0.1) is 0 Å². The zero-order valence-electron chi connectivity index (χ0n) is 11.9. The molecule has 0 aliphatic rings. The molecule has 7 heteroatoms. The average molecular weight is 289 g/mol. The van der Waals surface area contributed by atoms with Crippen LogP contribution in [0.4, 0.5) is 0 Å². The van der Waals surface area contributed by atoms with Crippen molar-refractivity contribution in [3.05, 3.63) is 18.0 Å². The molecule has 1 unspecified atom stereocenters. The standard InChI is InChI=1S/C12H23N3O3S/c1-9(2)13-7-11-5-12(8-14-11)19(16,17)15-6-10(3)18-4/h5,8-10,13-15H,6-7H2,1-4H3. The van der Waals surface area contributed by atoms with E-state index in [0.717, 1.165) is 5.69 Å². The number of hydrogen-bond acceptors (Lipinski definition) is 4. The van der Waals surface area contributed by atoms with Crippen LogP contribution in [0.15, 0.2) is 17.2 Å². The first-order chi connectivity index (χ1) is 8.85. The van der Waals surface area contributed by atoms with Gasteiger partial charge in [0.05, 0.1) is 11.0 Å². The summed E-state index contributed by atoms with van der Waals surface area (Å²) in [5.41, 5.74) is 0.842. The molecule has 0 aliphatic heterocycles. The van der Waals surface area contributed by atoms with Crippen LogP contribution in [-0.2, 0) is 21.3 Å². The number of H-pyrrole nitrogens is 1. The van der Waals surface area contributed by atoms with Crippen molar-refractivity contribution in [2.24, 2.45) is 0 Å². The molecule has 0 saturated heterocycles. The SMILES string of the molecule is COC(C)CNS(=O)(=O)c1c[nH]c(CNC(C)C)c1. The first-order valence-corrected chi connectivity index (χ1v) is 7.76. The molecule has 1 aromatic rings. The average Bonchev–Trinajstić information content (AvgIpc) is 2.83. The van der Waals surface area contributed by atoms with E-state index in [9.17, 15) is 8.42 Å². The molecule has 3 N–H and O–H groups in total. The number of rotatable bonds is 8. The van der Waals surface area contributed by atoms with Gasteiger partial charge >= 0.3 is 0 Å². The van der Waals surface area contributed by atoms with E-state index in [0.29, 0.717) is 12.6 Å². The fourth-order valence-electron chi connectivity index (χ4n) is 1.38. The minimum absolute atomic E-state index is 0.157. The van der Waals surface area contributed by atoms with Crippen LogP contribution in [0.1, 0.15) is 26.5 Å². The Bertz CT molecular complexity index is 482. The van der Waals surface area contributed by atoms with Crippen molar-refractivity contribution in [2.45, 2.75) is 44.4 Å². The van der Waals surface area contributed by atoms with Crippen LogP contribution in [0.3, 0.4) is 0 Å². The van der Waals surface area contributed by atoms with Crippen molar-refractivity contribution in [3.8, 4) is 0 Å². The Balaban J connectivity index is 2.63. The van der Waals surface area contributed by atoms with Crippen molar-refractivity contribution >= 4 is 10.0 Å². The van der Waals surface area contributed by atoms with Crippen LogP contribution in [0, 0.1) is 0 Å². The van der Waals surface area contributed by atoms with E-state index in [1.54, 1.807) is 20.1 Å². The Morgan fingerprint density at radius 2 is 2.05 bits per heavy atom. The molecule has 0 fully saturated rings. The van der Waals surface area contributed by atoms with Crippen molar-refractivity contribution in [1.82, 2.24) is 15.0 Å². The molecule has 0 bridgehead atoms. The van der Waals surface area contributed by atoms with Gasteiger partial charge in [0.2, 0.25) is 10.0 Å². The molecular weight excluding hydrogens is 266 g/mol. The predicted octanol–water partition coefficient (Wildman–Crippen LogP) is 0.826. The minimum atomic E-state index is -3.47. The van der Waals surface area contributed by atoms with E-state index < -0.39 is 10.0 Å². The molecule has 1 atom stereocenters. The summed E-state index contributed by atoms with van der Waals surface area (Å²) < 4.78 is 31.5. The first kappa shape index (κ1) is 16.2. The molecule has 0 saturated carbocycles. The lowest BCUT2D eigenvalue weighted by atomic mass is 10.3. The smallest absolute Gasteiger partial charge is 0.242 e. The van der Waals surface area contributed by atoms with Gasteiger partial charge in [-0.2, -0.15) is 0 Å². The number of methoxy groups -OCH3 is 1. The quantitative estimate of drug-likeness (QED) is 0.662. The van der Waals surface area contributed by atoms with Gasteiger partial charge in [0.15, 0.2) is 0 Å². The van der Waals surface area contributed by atoms with Crippen LogP contribution in [0.25, 0.3) is 0 Å². The van der Waals surface area contributed by atoms with Gasteiger partial charge in [-0.3, -0.25) is 0 Å². The molecule has 0 spiro atoms. The number of ether oxygens (including phenoxy) is 1. The van der Waals surface area contributed by atoms with Crippen LogP contribution in [0.5, 0.6) is 0 Å². The Morgan fingerprint density at radius 1 is 1.37 bits per heavy atom. The summed E-state index contributed by atoms with van der Waals surface area (Å²) in [7, 11) is -1.93. The van der Waals surface area contributed by atoms with Crippen molar-refractivity contribution in [1.29, 1.82) is 0 Å². The third kappa shape index (κ3) is 5.32. The highest BCUT2D eigenvalue weighted by Crippen LogP contribution is 2.10. The highest BCUT2D eigenvalue weighted by Gasteiger charge is 2.16. The molecule has 19 heavy (non-hydrogen) atoms. The second-order valence-corrected chi connectivity index (χ2v) is 6.56. The van der Waals surface area contributed by atoms with E-state index in [1.807, 2.05) is 13.8 Å². The second-order valence-electron chi connectivity index (χ2n) is 4.79. The summed E-state index contributed by atoms with van der Waals surface area (Å²) >= 11 is 0. The lowest BCUT2D eigenvalue weighted by molar-refractivity contribution is 0.122. The maximum absolute atomic E-state index is 12.0. The number of nitrogens with one attached hydrogen (secondary N) is 3. The van der Waals surface area contributed by atoms with Gasteiger partial charge in [-0.1, -0.05) is 13.8 Å². The summed E-state index contributed by atoms with van der Waals surface area (Å²) in [5, 5.41) is 3.22. The lowest BCUT2D eigenvalue weighted by Crippen LogP contribution is -2.31. The topological polar surface area (TPSA) is 83.2 Å². The molecule has 0 aromatic carbocycles. The monoisotopic (exact) mass is 289 g/mol. The molecule has 0 radical (unpaired) electrons. The largest absolute Gasteiger partial charge is 0.380 e. The van der Waals surface area contributed by atoms with E-state index in [1.165, 1.54) is 6.20 Å². The zero-order valence-corrected chi connectivity index (χ0v) is 12.7. The number of aromatic nitrogens is 1. The number of sulfonamides is 1. The molecule has 1 aromatic heterocycles. The zero-order chi connectivity index (χ0) is 14.5. The van der Waals surface area contributed by atoms with Gasteiger partial charge in [-0.25, -0.2) is 13.1 Å². The van der Waals surface area contributed by atoms with Crippen LogP contribution in [0.2, 0.25) is 0 Å². The van der Waals surface area contributed by atoms with E-state index in [4.69, 9.17) is 4.74 Å². The molecule has 0 amide bonds.